The summed E-state index contributed by atoms with van der Waals surface area (Å²) >= 11 is 0. The van der Waals surface area contributed by atoms with E-state index in [1.54, 1.807) is 19.9 Å². The second-order valence-electron chi connectivity index (χ2n) is 5.39. The molecule has 8 heteroatoms. The monoisotopic (exact) mass is 354 g/mol. The maximum absolute atomic E-state index is 12.1. The maximum Gasteiger partial charge on any atom is 1.00 e. The van der Waals surface area contributed by atoms with Crippen LogP contribution in [0.4, 0.5) is 0 Å². The summed E-state index contributed by atoms with van der Waals surface area (Å²) in [6.07, 6.45) is 3.47. The van der Waals surface area contributed by atoms with E-state index in [2.05, 4.69) is 10.5 Å². The van der Waals surface area contributed by atoms with Crippen LogP contribution in [0.3, 0.4) is 0 Å². The van der Waals surface area contributed by atoms with Crippen molar-refractivity contribution in [2.45, 2.75) is 33.1 Å². The van der Waals surface area contributed by atoms with E-state index in [0.717, 1.165) is 6.42 Å². The van der Waals surface area contributed by atoms with Gasteiger partial charge >= 0.3 is 51.4 Å². The van der Waals surface area contributed by atoms with Crippen molar-refractivity contribution in [2.24, 2.45) is 5.10 Å². The molecule has 0 radical (unpaired) electrons. The zero-order valence-electron chi connectivity index (χ0n) is 13.8. The minimum absolute atomic E-state index is 0. The maximum atomic E-state index is 12.1. The molecule has 0 saturated carbocycles. The van der Waals surface area contributed by atoms with Gasteiger partial charge in [0.1, 0.15) is 17.5 Å². The standard InChI is InChI=1S/C16H16N2O5.K/c1-8-13-11(4-3-5-12(13)23-14(8)16(20)21)17-18-15(19)10-6-7-22-9(10)2;/h6-7H,3-5H2,1-2H3,(H,18,19)(H,20,21);/q;+1/p-1/b17-11+;. The Morgan fingerprint density at radius 2 is 2.04 bits per heavy atom. The molecule has 0 saturated heterocycles. The molecule has 1 N–H and O–H groups in total. The molecule has 1 aliphatic carbocycles. The number of furan rings is 2. The van der Waals surface area contributed by atoms with Crippen LogP contribution in [0.1, 0.15) is 56.4 Å². The number of hydrogen-bond acceptors (Lipinski definition) is 6. The van der Waals surface area contributed by atoms with Gasteiger partial charge in [0.15, 0.2) is 5.76 Å². The third-order valence-corrected chi connectivity index (χ3v) is 3.91. The van der Waals surface area contributed by atoms with Crippen molar-refractivity contribution in [1.29, 1.82) is 0 Å². The molecule has 0 spiro atoms. The summed E-state index contributed by atoms with van der Waals surface area (Å²) < 4.78 is 10.4. The molecule has 24 heavy (non-hydrogen) atoms. The minimum atomic E-state index is -1.35. The number of hydrogen-bond donors (Lipinski definition) is 1. The first-order chi connectivity index (χ1) is 11.0. The van der Waals surface area contributed by atoms with Gasteiger partial charge in [-0.15, -0.1) is 0 Å². The molecule has 2 aromatic heterocycles. The Balaban J connectivity index is 0.00000208. The van der Waals surface area contributed by atoms with E-state index in [1.807, 2.05) is 0 Å². The SMILES string of the molecule is Cc1occc1C(=O)N/N=C1\CCCc2oc(C(=O)[O-])c(C)c21.[K+]. The smallest absolute Gasteiger partial charge is 0.542 e. The van der Waals surface area contributed by atoms with Gasteiger partial charge < -0.3 is 18.7 Å². The molecule has 1 aliphatic rings. The molecule has 0 aliphatic heterocycles. The van der Waals surface area contributed by atoms with Crippen LogP contribution in [0, 0.1) is 13.8 Å². The topological polar surface area (TPSA) is 108 Å². The van der Waals surface area contributed by atoms with Crippen LogP contribution in [0.2, 0.25) is 0 Å². The number of aromatic carboxylic acids is 1. The van der Waals surface area contributed by atoms with E-state index in [0.29, 0.717) is 46.8 Å². The molecule has 0 fully saturated rings. The summed E-state index contributed by atoms with van der Waals surface area (Å²) in [6.45, 7) is 3.34. The zero-order chi connectivity index (χ0) is 16.6. The first-order valence-corrected chi connectivity index (χ1v) is 7.24. The largest absolute Gasteiger partial charge is 1.00 e. The molecule has 0 aromatic carbocycles. The first kappa shape index (κ1) is 19.1. The van der Waals surface area contributed by atoms with Crippen molar-refractivity contribution in [1.82, 2.24) is 5.43 Å². The van der Waals surface area contributed by atoms with Gasteiger partial charge in [-0.1, -0.05) is 0 Å². The van der Waals surface area contributed by atoms with Crippen molar-refractivity contribution in [3.05, 3.63) is 46.3 Å². The van der Waals surface area contributed by atoms with E-state index >= 15 is 0 Å². The Bertz CT molecular complexity index is 819. The minimum Gasteiger partial charge on any atom is -0.542 e. The molecule has 1 amide bonds. The average Bonchev–Trinajstić information content (AvgIpc) is 3.09. The summed E-state index contributed by atoms with van der Waals surface area (Å²) in [4.78, 5) is 23.2. The molecule has 7 nitrogen and oxygen atoms in total. The Morgan fingerprint density at radius 3 is 2.67 bits per heavy atom. The van der Waals surface area contributed by atoms with E-state index in [9.17, 15) is 14.7 Å². The molecule has 2 heterocycles. The molecule has 2 aromatic rings. The Kier molecular flexibility index (Phi) is 6.21. The number of hydrazone groups is 1. The number of amides is 1. The summed E-state index contributed by atoms with van der Waals surface area (Å²) in [5.41, 5.74) is 4.63. The van der Waals surface area contributed by atoms with E-state index < -0.39 is 5.97 Å². The van der Waals surface area contributed by atoms with E-state index in [4.69, 9.17) is 8.83 Å². The van der Waals surface area contributed by atoms with Gasteiger partial charge in [-0.2, -0.15) is 5.10 Å². The fourth-order valence-electron chi connectivity index (χ4n) is 2.77. The van der Waals surface area contributed by atoms with E-state index in [-0.39, 0.29) is 63.1 Å². The molecule has 0 unspecified atom stereocenters. The van der Waals surface area contributed by atoms with Gasteiger partial charge in [-0.05, 0) is 32.8 Å². The van der Waals surface area contributed by atoms with Gasteiger partial charge in [-0.25, -0.2) is 5.43 Å². The third-order valence-electron chi connectivity index (χ3n) is 3.91. The summed E-state index contributed by atoms with van der Waals surface area (Å²) in [6, 6.07) is 1.56. The Morgan fingerprint density at radius 1 is 1.29 bits per heavy atom. The Labute approximate surface area is 180 Å². The van der Waals surface area contributed by atoms with Crippen molar-refractivity contribution in [3.8, 4) is 0 Å². The molecule has 3 rings (SSSR count). The predicted molar refractivity (Wildman–Crippen MR) is 78.2 cm³/mol. The van der Waals surface area contributed by atoms with Gasteiger partial charge in [-0.3, -0.25) is 4.79 Å². The van der Waals surface area contributed by atoms with Crippen LogP contribution in [-0.4, -0.2) is 17.6 Å². The number of carbonyl (C=O) groups is 2. The van der Waals surface area contributed by atoms with Gasteiger partial charge in [0.2, 0.25) is 0 Å². The number of rotatable bonds is 3. The number of carboxylic acids is 1. The number of aryl methyl sites for hydroxylation is 2. The predicted octanol–water partition coefficient (Wildman–Crippen LogP) is -1.67. The molecular formula is C16H15KN2O5. The summed E-state index contributed by atoms with van der Waals surface area (Å²) in [5.74, 6) is -0.834. The number of nitrogens with zero attached hydrogens (tertiary/aromatic N) is 1. The number of carboxylic acid groups (broad SMARTS) is 1. The van der Waals surface area contributed by atoms with Gasteiger partial charge in [0.05, 0.1) is 17.5 Å². The quantitative estimate of drug-likeness (QED) is 0.524. The van der Waals surface area contributed by atoms with Crippen LogP contribution in [0.15, 0.2) is 26.3 Å². The average molecular weight is 354 g/mol. The van der Waals surface area contributed by atoms with Crippen LogP contribution >= 0.6 is 0 Å². The number of nitrogens with one attached hydrogen (secondary N) is 1. The van der Waals surface area contributed by atoms with E-state index in [1.165, 1.54) is 6.26 Å². The number of carbonyl (C=O) groups excluding carboxylic acids is 2. The van der Waals surface area contributed by atoms with Crippen molar-refractivity contribution >= 4 is 17.6 Å². The third kappa shape index (κ3) is 3.57. The fraction of sp³-hybridized carbons (Fsp3) is 0.312. The van der Waals surface area contributed by atoms with Crippen molar-refractivity contribution < 1.29 is 74.9 Å². The molecular weight excluding hydrogens is 339 g/mol. The van der Waals surface area contributed by atoms with Gasteiger partial charge in [0, 0.05) is 17.5 Å². The normalized spacial score (nSPS) is 14.8. The zero-order valence-corrected chi connectivity index (χ0v) is 16.9. The van der Waals surface area contributed by atoms with Crippen LogP contribution in [0.25, 0.3) is 0 Å². The first-order valence-electron chi connectivity index (χ1n) is 7.24. The molecule has 0 atom stereocenters. The fourth-order valence-corrected chi connectivity index (χ4v) is 2.77. The van der Waals surface area contributed by atoms with Crippen molar-refractivity contribution in [2.75, 3.05) is 0 Å². The molecule has 120 valence electrons. The van der Waals surface area contributed by atoms with Gasteiger partial charge in [0.25, 0.3) is 5.91 Å². The van der Waals surface area contributed by atoms with Crippen molar-refractivity contribution in [3.63, 3.8) is 0 Å². The van der Waals surface area contributed by atoms with Crippen LogP contribution in [0.5, 0.6) is 0 Å². The Hall–Kier alpha value is -1.19. The second kappa shape index (κ2) is 7.79. The molecule has 0 bridgehead atoms. The summed E-state index contributed by atoms with van der Waals surface area (Å²) in [7, 11) is 0. The van der Waals surface area contributed by atoms with Crippen LogP contribution < -0.4 is 61.9 Å². The number of fused-ring (bicyclic) bond motifs is 1. The summed E-state index contributed by atoms with van der Waals surface area (Å²) in [5, 5.41) is 15.2. The van der Waals surface area contributed by atoms with Crippen LogP contribution in [-0.2, 0) is 6.42 Å². The second-order valence-corrected chi connectivity index (χ2v) is 5.39.